The highest BCUT2D eigenvalue weighted by molar-refractivity contribution is 5.89. The summed E-state index contributed by atoms with van der Waals surface area (Å²) < 4.78 is 2.15. The van der Waals surface area contributed by atoms with Crippen molar-refractivity contribution in [1.82, 2.24) is 9.88 Å². The van der Waals surface area contributed by atoms with Crippen molar-refractivity contribution in [2.24, 2.45) is 0 Å². The monoisotopic (exact) mass is 333 g/mol. The van der Waals surface area contributed by atoms with Gasteiger partial charge in [-0.05, 0) is 54.8 Å². The second-order valence-corrected chi connectivity index (χ2v) is 6.30. The Morgan fingerprint density at radius 2 is 1.68 bits per heavy atom. The molecular formula is C21H23N3O. The fourth-order valence-corrected chi connectivity index (χ4v) is 2.94. The third-order valence-electron chi connectivity index (χ3n) is 4.03. The average molecular weight is 333 g/mol. The molecule has 0 unspecified atom stereocenters. The number of amides is 2. The third kappa shape index (κ3) is 4.73. The Balaban J connectivity index is 1.58. The number of aryl methyl sites for hydroxylation is 2. The SMILES string of the molecule is Cc1cc(C)cc(NC(=O)NCc2cccn2Cc2ccccc2)c1. The summed E-state index contributed by atoms with van der Waals surface area (Å²) in [5, 5.41) is 5.82. The van der Waals surface area contributed by atoms with E-state index in [-0.39, 0.29) is 6.03 Å². The first kappa shape index (κ1) is 16.8. The van der Waals surface area contributed by atoms with Crippen molar-refractivity contribution < 1.29 is 4.79 Å². The zero-order chi connectivity index (χ0) is 17.6. The van der Waals surface area contributed by atoms with E-state index in [1.165, 1.54) is 5.56 Å². The van der Waals surface area contributed by atoms with Crippen LogP contribution in [0.3, 0.4) is 0 Å². The number of benzene rings is 2. The van der Waals surface area contributed by atoms with Crippen molar-refractivity contribution in [2.75, 3.05) is 5.32 Å². The first-order chi connectivity index (χ1) is 12.1. The summed E-state index contributed by atoms with van der Waals surface area (Å²) in [5.41, 5.74) is 5.38. The summed E-state index contributed by atoms with van der Waals surface area (Å²) in [6, 6.07) is 20.1. The normalized spacial score (nSPS) is 10.5. The van der Waals surface area contributed by atoms with Crippen LogP contribution in [0.1, 0.15) is 22.4 Å². The zero-order valence-corrected chi connectivity index (χ0v) is 14.6. The molecule has 2 amide bonds. The largest absolute Gasteiger partial charge is 0.345 e. The smallest absolute Gasteiger partial charge is 0.319 e. The summed E-state index contributed by atoms with van der Waals surface area (Å²) in [6.07, 6.45) is 2.03. The molecule has 0 aliphatic rings. The molecule has 4 heteroatoms. The van der Waals surface area contributed by atoms with Gasteiger partial charge in [0.2, 0.25) is 0 Å². The van der Waals surface area contributed by atoms with Crippen molar-refractivity contribution >= 4 is 11.7 Å². The first-order valence-electron chi connectivity index (χ1n) is 8.41. The van der Waals surface area contributed by atoms with E-state index in [0.717, 1.165) is 29.1 Å². The molecule has 3 aromatic rings. The maximum Gasteiger partial charge on any atom is 0.319 e. The number of carbonyl (C=O) groups excluding carboxylic acids is 1. The van der Waals surface area contributed by atoms with E-state index < -0.39 is 0 Å². The van der Waals surface area contributed by atoms with Crippen LogP contribution in [-0.4, -0.2) is 10.6 Å². The van der Waals surface area contributed by atoms with Crippen molar-refractivity contribution in [2.45, 2.75) is 26.9 Å². The number of aromatic nitrogens is 1. The molecule has 0 aliphatic carbocycles. The highest BCUT2D eigenvalue weighted by Gasteiger charge is 2.06. The van der Waals surface area contributed by atoms with Gasteiger partial charge in [-0.15, -0.1) is 0 Å². The summed E-state index contributed by atoms with van der Waals surface area (Å²) in [4.78, 5) is 12.2. The summed E-state index contributed by atoms with van der Waals surface area (Å²) in [6.45, 7) is 5.32. The second-order valence-electron chi connectivity index (χ2n) is 6.30. The van der Waals surface area contributed by atoms with Crippen LogP contribution in [0, 0.1) is 13.8 Å². The van der Waals surface area contributed by atoms with Crippen LogP contribution in [0.15, 0.2) is 66.9 Å². The predicted octanol–water partition coefficient (Wildman–Crippen LogP) is 4.47. The topological polar surface area (TPSA) is 46.1 Å². The molecule has 0 fully saturated rings. The maximum absolute atomic E-state index is 12.2. The number of rotatable bonds is 5. The van der Waals surface area contributed by atoms with Crippen LogP contribution in [-0.2, 0) is 13.1 Å². The van der Waals surface area contributed by atoms with E-state index in [1.807, 2.05) is 62.5 Å². The molecule has 0 radical (unpaired) electrons. The number of anilines is 1. The van der Waals surface area contributed by atoms with Gasteiger partial charge in [-0.2, -0.15) is 0 Å². The molecule has 128 valence electrons. The van der Waals surface area contributed by atoms with Crippen LogP contribution in [0.2, 0.25) is 0 Å². The van der Waals surface area contributed by atoms with Gasteiger partial charge in [0.25, 0.3) is 0 Å². The molecule has 0 spiro atoms. The minimum absolute atomic E-state index is 0.197. The molecule has 1 heterocycles. The Hall–Kier alpha value is -3.01. The molecular weight excluding hydrogens is 310 g/mol. The van der Waals surface area contributed by atoms with E-state index in [4.69, 9.17) is 0 Å². The molecule has 4 nitrogen and oxygen atoms in total. The van der Waals surface area contributed by atoms with Gasteiger partial charge >= 0.3 is 6.03 Å². The number of hydrogen-bond acceptors (Lipinski definition) is 1. The predicted molar refractivity (Wildman–Crippen MR) is 102 cm³/mol. The maximum atomic E-state index is 12.2. The molecule has 25 heavy (non-hydrogen) atoms. The molecule has 0 saturated heterocycles. The van der Waals surface area contributed by atoms with Gasteiger partial charge in [0.05, 0.1) is 6.54 Å². The minimum atomic E-state index is -0.197. The Labute approximate surface area is 148 Å². The van der Waals surface area contributed by atoms with E-state index in [2.05, 4.69) is 33.4 Å². The highest BCUT2D eigenvalue weighted by atomic mass is 16.2. The molecule has 0 atom stereocenters. The quantitative estimate of drug-likeness (QED) is 0.711. The molecule has 3 rings (SSSR count). The highest BCUT2D eigenvalue weighted by Crippen LogP contribution is 2.13. The molecule has 2 aromatic carbocycles. The van der Waals surface area contributed by atoms with Crippen molar-refractivity contribution in [1.29, 1.82) is 0 Å². The van der Waals surface area contributed by atoms with E-state index in [9.17, 15) is 4.79 Å². The molecule has 0 saturated carbocycles. The average Bonchev–Trinajstić information content (AvgIpc) is 3.00. The lowest BCUT2D eigenvalue weighted by Gasteiger charge is -2.12. The first-order valence-corrected chi connectivity index (χ1v) is 8.41. The van der Waals surface area contributed by atoms with Crippen LogP contribution < -0.4 is 10.6 Å². The van der Waals surface area contributed by atoms with Crippen molar-refractivity contribution in [3.8, 4) is 0 Å². The van der Waals surface area contributed by atoms with E-state index in [1.54, 1.807) is 0 Å². The lowest BCUT2D eigenvalue weighted by molar-refractivity contribution is 0.251. The van der Waals surface area contributed by atoms with Crippen molar-refractivity contribution in [3.63, 3.8) is 0 Å². The summed E-state index contributed by atoms with van der Waals surface area (Å²) in [5.74, 6) is 0. The summed E-state index contributed by atoms with van der Waals surface area (Å²) >= 11 is 0. The Kier molecular flexibility index (Phi) is 5.19. The van der Waals surface area contributed by atoms with Gasteiger partial charge in [0.15, 0.2) is 0 Å². The Morgan fingerprint density at radius 1 is 0.960 bits per heavy atom. The molecule has 1 aromatic heterocycles. The van der Waals surface area contributed by atoms with Crippen LogP contribution in [0.25, 0.3) is 0 Å². The van der Waals surface area contributed by atoms with Gasteiger partial charge in [-0.1, -0.05) is 36.4 Å². The lowest BCUT2D eigenvalue weighted by atomic mass is 10.1. The van der Waals surface area contributed by atoms with Gasteiger partial charge in [-0.25, -0.2) is 4.79 Å². The number of hydrogen-bond donors (Lipinski definition) is 2. The van der Waals surface area contributed by atoms with Gasteiger partial charge < -0.3 is 15.2 Å². The number of nitrogens with zero attached hydrogens (tertiary/aromatic N) is 1. The number of carbonyl (C=O) groups is 1. The van der Waals surface area contributed by atoms with Crippen LogP contribution >= 0.6 is 0 Å². The van der Waals surface area contributed by atoms with E-state index in [0.29, 0.717) is 6.54 Å². The van der Waals surface area contributed by atoms with E-state index >= 15 is 0 Å². The Morgan fingerprint density at radius 3 is 2.40 bits per heavy atom. The van der Waals surface area contributed by atoms with Crippen LogP contribution in [0.5, 0.6) is 0 Å². The third-order valence-corrected chi connectivity index (χ3v) is 4.03. The summed E-state index contributed by atoms with van der Waals surface area (Å²) in [7, 11) is 0. The standard InChI is InChI=1S/C21H23N3O/c1-16-11-17(2)13-19(12-16)23-21(25)22-14-20-9-6-10-24(20)15-18-7-4-3-5-8-18/h3-13H,14-15H2,1-2H3,(H2,22,23,25). The minimum Gasteiger partial charge on any atom is -0.345 e. The fourth-order valence-electron chi connectivity index (χ4n) is 2.94. The van der Waals surface area contributed by atoms with Crippen molar-refractivity contribution in [3.05, 3.63) is 89.2 Å². The second kappa shape index (κ2) is 7.71. The number of nitrogens with one attached hydrogen (secondary N) is 2. The molecule has 2 N–H and O–H groups in total. The zero-order valence-electron chi connectivity index (χ0n) is 14.6. The van der Waals surface area contributed by atoms with Gasteiger partial charge in [0.1, 0.15) is 0 Å². The lowest BCUT2D eigenvalue weighted by Crippen LogP contribution is -2.29. The molecule has 0 bridgehead atoms. The van der Waals surface area contributed by atoms with Gasteiger partial charge in [0, 0.05) is 24.1 Å². The molecule has 0 aliphatic heterocycles. The Bertz CT molecular complexity index is 832. The van der Waals surface area contributed by atoms with Gasteiger partial charge in [-0.3, -0.25) is 0 Å². The fraction of sp³-hybridized carbons (Fsp3) is 0.190. The number of urea groups is 1. The van der Waals surface area contributed by atoms with Crippen LogP contribution in [0.4, 0.5) is 10.5 Å².